The third-order valence-electron chi connectivity index (χ3n) is 3.50. The molecule has 92 valence electrons. The van der Waals surface area contributed by atoms with Crippen molar-refractivity contribution in [3.63, 3.8) is 0 Å². The van der Waals surface area contributed by atoms with E-state index in [1.807, 2.05) is 0 Å². The van der Waals surface area contributed by atoms with E-state index in [1.54, 1.807) is 25.3 Å². The second kappa shape index (κ2) is 5.21. The third kappa shape index (κ3) is 2.60. The molecule has 0 spiro atoms. The van der Waals surface area contributed by atoms with Gasteiger partial charge in [-0.25, -0.2) is 0 Å². The van der Waals surface area contributed by atoms with Gasteiger partial charge in [0.1, 0.15) is 5.75 Å². The van der Waals surface area contributed by atoms with Gasteiger partial charge < -0.3 is 10.5 Å². The first-order valence-electron chi connectivity index (χ1n) is 6.20. The molecule has 1 aromatic carbocycles. The summed E-state index contributed by atoms with van der Waals surface area (Å²) in [6, 6.07) is 5.29. The molecule has 1 aliphatic carbocycles. The highest BCUT2D eigenvalue weighted by Gasteiger charge is 2.24. The molecule has 0 saturated heterocycles. The number of hydrogen-bond donors (Lipinski definition) is 1. The van der Waals surface area contributed by atoms with E-state index < -0.39 is 0 Å². The van der Waals surface area contributed by atoms with E-state index in [9.17, 15) is 4.79 Å². The van der Waals surface area contributed by atoms with Crippen molar-refractivity contribution in [2.45, 2.75) is 32.1 Å². The Kier molecular flexibility index (Phi) is 3.67. The molecule has 17 heavy (non-hydrogen) atoms. The Morgan fingerprint density at radius 1 is 1.29 bits per heavy atom. The molecular formula is C14H19NO2. The predicted octanol–water partition coefficient (Wildman–Crippen LogP) is 3.04. The number of benzene rings is 1. The van der Waals surface area contributed by atoms with Crippen LogP contribution < -0.4 is 10.5 Å². The standard InChI is InChI=1S/C14H19NO2/c1-17-11-7-8-13(15)12(9-11)14(16)10-5-3-2-4-6-10/h7-10H,2-6,15H2,1H3. The molecular weight excluding hydrogens is 214 g/mol. The Morgan fingerprint density at radius 3 is 2.65 bits per heavy atom. The summed E-state index contributed by atoms with van der Waals surface area (Å²) in [6.07, 6.45) is 5.54. The third-order valence-corrected chi connectivity index (χ3v) is 3.50. The van der Waals surface area contributed by atoms with Crippen LogP contribution in [0.5, 0.6) is 5.75 Å². The number of methoxy groups -OCH3 is 1. The number of nitrogen functional groups attached to an aromatic ring is 1. The molecule has 0 unspecified atom stereocenters. The van der Waals surface area contributed by atoms with Gasteiger partial charge in [0, 0.05) is 17.2 Å². The van der Waals surface area contributed by atoms with Gasteiger partial charge in [-0.15, -0.1) is 0 Å². The van der Waals surface area contributed by atoms with E-state index in [0.717, 1.165) is 25.7 Å². The van der Waals surface area contributed by atoms with E-state index >= 15 is 0 Å². The number of ether oxygens (including phenoxy) is 1. The molecule has 1 aliphatic rings. The largest absolute Gasteiger partial charge is 0.497 e. The zero-order valence-corrected chi connectivity index (χ0v) is 10.2. The van der Waals surface area contributed by atoms with Gasteiger partial charge in [0.05, 0.1) is 7.11 Å². The monoisotopic (exact) mass is 233 g/mol. The molecule has 0 bridgehead atoms. The summed E-state index contributed by atoms with van der Waals surface area (Å²) in [7, 11) is 1.60. The summed E-state index contributed by atoms with van der Waals surface area (Å²) < 4.78 is 5.14. The molecule has 0 atom stereocenters. The maximum atomic E-state index is 12.4. The topological polar surface area (TPSA) is 52.3 Å². The van der Waals surface area contributed by atoms with E-state index in [0.29, 0.717) is 17.0 Å². The lowest BCUT2D eigenvalue weighted by Crippen LogP contribution is -2.19. The van der Waals surface area contributed by atoms with E-state index in [4.69, 9.17) is 10.5 Å². The molecule has 2 rings (SSSR count). The highest BCUT2D eigenvalue weighted by Crippen LogP contribution is 2.30. The summed E-state index contributed by atoms with van der Waals surface area (Å²) >= 11 is 0. The maximum absolute atomic E-state index is 12.4. The van der Waals surface area contributed by atoms with Crippen LogP contribution in [0, 0.1) is 5.92 Å². The van der Waals surface area contributed by atoms with Gasteiger partial charge in [-0.3, -0.25) is 4.79 Å². The Hall–Kier alpha value is -1.51. The SMILES string of the molecule is COc1ccc(N)c(C(=O)C2CCCCC2)c1. The molecule has 0 aromatic heterocycles. The molecule has 0 heterocycles. The van der Waals surface area contributed by atoms with Crippen LogP contribution in [0.4, 0.5) is 5.69 Å². The first-order valence-corrected chi connectivity index (χ1v) is 6.20. The Labute approximate surface area is 102 Å². The number of anilines is 1. The molecule has 1 aromatic rings. The molecule has 3 nitrogen and oxygen atoms in total. The van der Waals surface area contributed by atoms with Crippen molar-refractivity contribution < 1.29 is 9.53 Å². The van der Waals surface area contributed by atoms with Gasteiger partial charge in [-0.05, 0) is 31.0 Å². The van der Waals surface area contributed by atoms with Gasteiger partial charge in [-0.1, -0.05) is 19.3 Å². The number of rotatable bonds is 3. The highest BCUT2D eigenvalue weighted by atomic mass is 16.5. The molecule has 0 radical (unpaired) electrons. The van der Waals surface area contributed by atoms with E-state index in [2.05, 4.69) is 0 Å². The van der Waals surface area contributed by atoms with Crippen LogP contribution in [-0.2, 0) is 0 Å². The van der Waals surface area contributed by atoms with Crippen molar-refractivity contribution in [3.8, 4) is 5.75 Å². The summed E-state index contributed by atoms with van der Waals surface area (Å²) in [4.78, 5) is 12.4. The predicted molar refractivity (Wildman–Crippen MR) is 68.3 cm³/mol. The van der Waals surface area contributed by atoms with Crippen LogP contribution >= 0.6 is 0 Å². The Balaban J connectivity index is 2.22. The van der Waals surface area contributed by atoms with E-state index in [1.165, 1.54) is 6.42 Å². The summed E-state index contributed by atoms with van der Waals surface area (Å²) in [5.74, 6) is 1.03. The fourth-order valence-electron chi connectivity index (χ4n) is 2.46. The van der Waals surface area contributed by atoms with E-state index in [-0.39, 0.29) is 11.7 Å². The first-order chi connectivity index (χ1) is 8.22. The van der Waals surface area contributed by atoms with Gasteiger partial charge in [0.2, 0.25) is 0 Å². The minimum atomic E-state index is 0.151. The minimum absolute atomic E-state index is 0.151. The van der Waals surface area contributed by atoms with Crippen LogP contribution in [0.3, 0.4) is 0 Å². The first kappa shape index (κ1) is 12.0. The van der Waals surface area contributed by atoms with Gasteiger partial charge in [0.15, 0.2) is 5.78 Å². The highest BCUT2D eigenvalue weighted by molar-refractivity contribution is 6.02. The molecule has 1 saturated carbocycles. The minimum Gasteiger partial charge on any atom is -0.497 e. The number of Topliss-reactive ketones (excluding diaryl/α,β-unsaturated/α-hetero) is 1. The quantitative estimate of drug-likeness (QED) is 0.645. The fourth-order valence-corrected chi connectivity index (χ4v) is 2.46. The Bertz CT molecular complexity index is 409. The van der Waals surface area contributed by atoms with Gasteiger partial charge >= 0.3 is 0 Å². The summed E-state index contributed by atoms with van der Waals surface area (Å²) in [5.41, 5.74) is 7.05. The molecule has 2 N–H and O–H groups in total. The van der Waals surface area contributed by atoms with Crippen LogP contribution in [0.2, 0.25) is 0 Å². The molecule has 0 aliphatic heterocycles. The molecule has 3 heteroatoms. The molecule has 1 fully saturated rings. The van der Waals surface area contributed by atoms with Gasteiger partial charge in [0.25, 0.3) is 0 Å². The lowest BCUT2D eigenvalue weighted by Gasteiger charge is -2.21. The average Bonchev–Trinajstić information content (AvgIpc) is 2.39. The zero-order valence-electron chi connectivity index (χ0n) is 10.2. The number of carbonyl (C=O) groups is 1. The van der Waals surface area contributed by atoms with Crippen LogP contribution in [-0.4, -0.2) is 12.9 Å². The summed E-state index contributed by atoms with van der Waals surface area (Å²) in [5, 5.41) is 0. The normalized spacial score (nSPS) is 16.8. The second-order valence-corrected chi connectivity index (χ2v) is 4.65. The van der Waals surface area contributed by atoms with Crippen molar-refractivity contribution in [3.05, 3.63) is 23.8 Å². The van der Waals surface area contributed by atoms with Gasteiger partial charge in [-0.2, -0.15) is 0 Å². The number of carbonyl (C=O) groups excluding carboxylic acids is 1. The Morgan fingerprint density at radius 2 is 2.00 bits per heavy atom. The number of hydrogen-bond acceptors (Lipinski definition) is 3. The van der Waals surface area contributed by atoms with Crippen molar-refractivity contribution in [2.24, 2.45) is 5.92 Å². The lowest BCUT2D eigenvalue weighted by molar-refractivity contribution is 0.0890. The van der Waals surface area contributed by atoms with Crippen LogP contribution in [0.25, 0.3) is 0 Å². The van der Waals surface area contributed by atoms with Crippen molar-refractivity contribution >= 4 is 11.5 Å². The maximum Gasteiger partial charge on any atom is 0.168 e. The van der Waals surface area contributed by atoms with Crippen LogP contribution in [0.15, 0.2) is 18.2 Å². The fraction of sp³-hybridized carbons (Fsp3) is 0.500. The number of nitrogens with two attached hydrogens (primary N) is 1. The second-order valence-electron chi connectivity index (χ2n) is 4.65. The van der Waals surface area contributed by atoms with Crippen LogP contribution in [0.1, 0.15) is 42.5 Å². The smallest absolute Gasteiger partial charge is 0.168 e. The van der Waals surface area contributed by atoms with Crippen molar-refractivity contribution in [2.75, 3.05) is 12.8 Å². The van der Waals surface area contributed by atoms with Crippen molar-refractivity contribution in [1.82, 2.24) is 0 Å². The lowest BCUT2D eigenvalue weighted by atomic mass is 9.83. The van der Waals surface area contributed by atoms with Crippen molar-refractivity contribution in [1.29, 1.82) is 0 Å². The average molecular weight is 233 g/mol. The molecule has 0 amide bonds. The summed E-state index contributed by atoms with van der Waals surface area (Å²) in [6.45, 7) is 0. The zero-order chi connectivity index (χ0) is 12.3. The number of ketones is 1.